The molecule has 1 aliphatic heterocycles. The minimum Gasteiger partial charge on any atom is -0.478 e. The second kappa shape index (κ2) is 9.34. The van der Waals surface area contributed by atoms with Crippen LogP contribution in [0.4, 0.5) is 15.9 Å². The van der Waals surface area contributed by atoms with Crippen molar-refractivity contribution in [2.75, 3.05) is 23.8 Å². The zero-order valence-electron chi connectivity index (χ0n) is 18.8. The molecule has 1 fully saturated rings. The van der Waals surface area contributed by atoms with E-state index >= 15 is 0 Å². The van der Waals surface area contributed by atoms with E-state index in [2.05, 4.69) is 30.9 Å². The number of hydrogen-bond acceptors (Lipinski definition) is 8. The van der Waals surface area contributed by atoms with Crippen LogP contribution in [-0.2, 0) is 18.4 Å². The molecule has 0 unspecified atom stereocenters. The van der Waals surface area contributed by atoms with Crippen molar-refractivity contribution < 1.29 is 13.9 Å². The summed E-state index contributed by atoms with van der Waals surface area (Å²) in [6, 6.07) is 3.39. The number of halogens is 1. The fourth-order valence-corrected chi connectivity index (χ4v) is 4.55. The Hall–Kier alpha value is -3.60. The van der Waals surface area contributed by atoms with Crippen molar-refractivity contribution in [3.8, 4) is 5.75 Å². The van der Waals surface area contributed by atoms with Gasteiger partial charge in [-0.2, -0.15) is 0 Å². The Balaban J connectivity index is 1.15. The zero-order chi connectivity index (χ0) is 23.7. The van der Waals surface area contributed by atoms with Crippen molar-refractivity contribution in [2.24, 2.45) is 13.0 Å². The van der Waals surface area contributed by atoms with Gasteiger partial charge in [-0.15, -0.1) is 0 Å². The third kappa shape index (κ3) is 4.56. The molecule has 5 rings (SSSR count). The predicted molar refractivity (Wildman–Crippen MR) is 124 cm³/mol. The molecule has 3 N–H and O–H groups in total. The number of anilines is 2. The van der Waals surface area contributed by atoms with Gasteiger partial charge in [0, 0.05) is 25.7 Å². The van der Waals surface area contributed by atoms with Crippen LogP contribution in [0.15, 0.2) is 29.3 Å². The molecule has 3 aromatic rings. The standard InChI is InChI=1S/C23H26FN7O3/c1-31-20(33)7-6-16-22(31)21(15(24)9-26-16)28-8-13-2-4-14(5-3-13)25-11-18-27-10-17-23(29-18)30-19(32)12-34-17/h6-7,9-10,13-14,25H,2-5,8,11-12H2,1H3,(H,26,28)(H,27,29,30,32). The van der Waals surface area contributed by atoms with E-state index in [9.17, 15) is 14.0 Å². The van der Waals surface area contributed by atoms with Crippen molar-refractivity contribution in [3.05, 3.63) is 46.5 Å². The van der Waals surface area contributed by atoms with Crippen molar-refractivity contribution in [3.63, 3.8) is 0 Å². The fraction of sp³-hybridized carbons (Fsp3) is 0.435. The summed E-state index contributed by atoms with van der Waals surface area (Å²) in [6.45, 7) is 1.10. The number of rotatable bonds is 6. The average Bonchev–Trinajstić information content (AvgIpc) is 2.85. The second-order valence-electron chi connectivity index (χ2n) is 8.76. The first-order valence-electron chi connectivity index (χ1n) is 11.4. The third-order valence-corrected chi connectivity index (χ3v) is 6.47. The molecule has 4 heterocycles. The van der Waals surface area contributed by atoms with E-state index < -0.39 is 5.82 Å². The van der Waals surface area contributed by atoms with E-state index in [1.54, 1.807) is 19.3 Å². The van der Waals surface area contributed by atoms with Gasteiger partial charge in [-0.3, -0.25) is 14.6 Å². The molecular formula is C23H26FN7O3. The van der Waals surface area contributed by atoms with Crippen LogP contribution in [-0.4, -0.2) is 44.6 Å². The lowest BCUT2D eigenvalue weighted by Crippen LogP contribution is -2.35. The van der Waals surface area contributed by atoms with E-state index in [0.717, 1.165) is 25.7 Å². The summed E-state index contributed by atoms with van der Waals surface area (Å²) in [5.74, 6) is 1.20. The minimum atomic E-state index is -0.462. The molecule has 0 spiro atoms. The highest BCUT2D eigenvalue weighted by Gasteiger charge is 2.23. The number of aromatic nitrogens is 4. The maximum atomic E-state index is 14.5. The maximum Gasteiger partial charge on any atom is 0.263 e. The Bertz CT molecular complexity index is 1290. The molecule has 3 aromatic heterocycles. The molecule has 0 radical (unpaired) electrons. The van der Waals surface area contributed by atoms with Crippen molar-refractivity contribution in [1.29, 1.82) is 0 Å². The van der Waals surface area contributed by atoms with Crippen molar-refractivity contribution in [1.82, 2.24) is 24.8 Å². The monoisotopic (exact) mass is 467 g/mol. The number of nitrogens with zero attached hydrogens (tertiary/aromatic N) is 4. The van der Waals surface area contributed by atoms with Crippen LogP contribution < -0.4 is 26.2 Å². The highest BCUT2D eigenvalue weighted by Crippen LogP contribution is 2.28. The Morgan fingerprint density at radius 1 is 1.18 bits per heavy atom. The highest BCUT2D eigenvalue weighted by molar-refractivity contribution is 5.94. The number of pyridine rings is 2. The lowest BCUT2D eigenvalue weighted by molar-refractivity contribution is -0.118. The van der Waals surface area contributed by atoms with Gasteiger partial charge in [0.15, 0.2) is 24.0 Å². The number of ether oxygens (including phenoxy) is 1. The number of nitrogens with one attached hydrogen (secondary N) is 3. The topological polar surface area (TPSA) is 123 Å². The molecule has 0 atom stereocenters. The number of hydrogen-bond donors (Lipinski definition) is 3. The number of carbonyl (C=O) groups is 1. The maximum absolute atomic E-state index is 14.5. The Morgan fingerprint density at radius 2 is 2.00 bits per heavy atom. The van der Waals surface area contributed by atoms with Crippen LogP contribution in [0, 0.1) is 11.7 Å². The summed E-state index contributed by atoms with van der Waals surface area (Å²) in [4.78, 5) is 36.3. The smallest absolute Gasteiger partial charge is 0.263 e. The molecule has 1 amide bonds. The van der Waals surface area contributed by atoms with E-state index in [-0.39, 0.29) is 18.1 Å². The summed E-state index contributed by atoms with van der Waals surface area (Å²) >= 11 is 0. The van der Waals surface area contributed by atoms with Gasteiger partial charge in [0.05, 0.1) is 35.7 Å². The molecular weight excluding hydrogens is 441 g/mol. The molecule has 34 heavy (non-hydrogen) atoms. The molecule has 0 saturated heterocycles. The van der Waals surface area contributed by atoms with Crippen molar-refractivity contribution >= 4 is 28.4 Å². The Morgan fingerprint density at radius 3 is 2.82 bits per heavy atom. The quantitative estimate of drug-likeness (QED) is 0.503. The third-order valence-electron chi connectivity index (χ3n) is 6.47. The van der Waals surface area contributed by atoms with Gasteiger partial charge < -0.3 is 25.3 Å². The zero-order valence-corrected chi connectivity index (χ0v) is 18.8. The number of aryl methyl sites for hydroxylation is 1. The van der Waals surface area contributed by atoms with Gasteiger partial charge in [-0.25, -0.2) is 14.4 Å². The molecule has 1 aliphatic carbocycles. The highest BCUT2D eigenvalue weighted by atomic mass is 19.1. The molecule has 2 aliphatic rings. The molecule has 10 nitrogen and oxygen atoms in total. The molecule has 1 saturated carbocycles. The molecule has 178 valence electrons. The number of fused-ring (bicyclic) bond motifs is 2. The largest absolute Gasteiger partial charge is 0.478 e. The molecule has 0 bridgehead atoms. The molecule has 11 heteroatoms. The molecule has 0 aromatic carbocycles. The summed E-state index contributed by atoms with van der Waals surface area (Å²) in [6.07, 6.45) is 6.71. The van der Waals surface area contributed by atoms with Gasteiger partial charge in [-0.05, 0) is 37.7 Å². The Kier molecular flexibility index (Phi) is 6.10. The van der Waals surface area contributed by atoms with Crippen LogP contribution in [0.1, 0.15) is 31.5 Å². The lowest BCUT2D eigenvalue weighted by atomic mass is 9.86. The van der Waals surface area contributed by atoms with Gasteiger partial charge in [0.1, 0.15) is 5.82 Å². The van der Waals surface area contributed by atoms with Crippen LogP contribution in [0.25, 0.3) is 11.0 Å². The first-order valence-corrected chi connectivity index (χ1v) is 11.4. The van der Waals surface area contributed by atoms with Gasteiger partial charge >= 0.3 is 0 Å². The van der Waals surface area contributed by atoms with Crippen LogP contribution in [0.2, 0.25) is 0 Å². The lowest BCUT2D eigenvalue weighted by Gasteiger charge is -2.29. The average molecular weight is 468 g/mol. The van der Waals surface area contributed by atoms with Crippen molar-refractivity contribution in [2.45, 2.75) is 38.3 Å². The van der Waals surface area contributed by atoms with E-state index in [1.165, 1.54) is 16.8 Å². The first kappa shape index (κ1) is 22.2. The van der Waals surface area contributed by atoms with Gasteiger partial charge in [0.2, 0.25) is 0 Å². The normalized spacial score (nSPS) is 19.9. The van der Waals surface area contributed by atoms with Crippen LogP contribution >= 0.6 is 0 Å². The van der Waals surface area contributed by atoms with E-state index in [1.807, 2.05) is 0 Å². The van der Waals surface area contributed by atoms with Gasteiger partial charge in [-0.1, -0.05) is 0 Å². The summed E-state index contributed by atoms with van der Waals surface area (Å²) in [5, 5.41) is 9.42. The van der Waals surface area contributed by atoms with E-state index in [0.29, 0.717) is 59.2 Å². The fourth-order valence-electron chi connectivity index (χ4n) is 4.55. The summed E-state index contributed by atoms with van der Waals surface area (Å²) in [5.41, 5.74) is 1.18. The SMILES string of the molecule is Cn1c(=O)ccc2ncc(F)c(NCC3CCC(NCc4ncc5c(n4)NC(=O)CO5)CC3)c21. The Labute approximate surface area is 195 Å². The predicted octanol–water partition coefficient (Wildman–Crippen LogP) is 1.95. The van der Waals surface area contributed by atoms with Crippen LogP contribution in [0.3, 0.4) is 0 Å². The number of carbonyl (C=O) groups excluding carboxylic acids is 1. The summed E-state index contributed by atoms with van der Waals surface area (Å²) in [7, 11) is 1.63. The second-order valence-corrected chi connectivity index (χ2v) is 8.76. The van der Waals surface area contributed by atoms with Crippen LogP contribution in [0.5, 0.6) is 5.75 Å². The summed E-state index contributed by atoms with van der Waals surface area (Å²) < 4.78 is 21.3. The van der Waals surface area contributed by atoms with Gasteiger partial charge in [0.25, 0.3) is 11.5 Å². The first-order chi connectivity index (χ1) is 16.5. The van der Waals surface area contributed by atoms with E-state index in [4.69, 9.17) is 4.74 Å². The number of amides is 1. The minimum absolute atomic E-state index is 0.0196.